The second-order valence-corrected chi connectivity index (χ2v) is 5.44. The van der Waals surface area contributed by atoms with Crippen LogP contribution in [-0.2, 0) is 0 Å². The summed E-state index contributed by atoms with van der Waals surface area (Å²) < 4.78 is 0. The number of hydrogen-bond acceptors (Lipinski definition) is 4. The van der Waals surface area contributed by atoms with Gasteiger partial charge in [-0.05, 0) is 45.9 Å². The molecule has 2 fully saturated rings. The highest BCUT2D eigenvalue weighted by Crippen LogP contribution is 2.15. The maximum absolute atomic E-state index is 10.2. The summed E-state index contributed by atoms with van der Waals surface area (Å²) in [6.07, 6.45) is 3.61. The summed E-state index contributed by atoms with van der Waals surface area (Å²) in [6.45, 7) is 7.26. The fourth-order valence-corrected chi connectivity index (χ4v) is 2.77. The van der Waals surface area contributed by atoms with Crippen LogP contribution in [0.15, 0.2) is 0 Å². The molecule has 1 unspecified atom stereocenters. The van der Waals surface area contributed by atoms with Crippen molar-refractivity contribution < 1.29 is 5.11 Å². The fourth-order valence-electron chi connectivity index (χ4n) is 2.77. The van der Waals surface area contributed by atoms with Gasteiger partial charge in [-0.3, -0.25) is 0 Å². The predicted molar refractivity (Wildman–Crippen MR) is 65.6 cm³/mol. The predicted octanol–water partition coefficient (Wildman–Crippen LogP) is -0.262. The van der Waals surface area contributed by atoms with Gasteiger partial charge < -0.3 is 20.2 Å². The van der Waals surface area contributed by atoms with Crippen LogP contribution in [0.2, 0.25) is 0 Å². The molecule has 2 N–H and O–H groups in total. The van der Waals surface area contributed by atoms with Gasteiger partial charge in [-0.15, -0.1) is 0 Å². The van der Waals surface area contributed by atoms with E-state index in [1.54, 1.807) is 0 Å². The third kappa shape index (κ3) is 3.42. The standard InChI is InChI=1S/C12H25N3O/c1-14(8-9-15-6-2-3-7-15)11-12(16)4-5-13-10-12/h13,16H,2-11H2,1H3. The van der Waals surface area contributed by atoms with Crippen LogP contribution in [0.25, 0.3) is 0 Å². The van der Waals surface area contributed by atoms with Crippen molar-refractivity contribution in [1.29, 1.82) is 0 Å². The first-order valence-corrected chi connectivity index (χ1v) is 6.52. The summed E-state index contributed by atoms with van der Waals surface area (Å²) in [7, 11) is 2.12. The average molecular weight is 227 g/mol. The minimum absolute atomic E-state index is 0.486. The largest absolute Gasteiger partial charge is 0.387 e. The molecule has 0 bridgehead atoms. The van der Waals surface area contributed by atoms with Crippen LogP contribution in [0.4, 0.5) is 0 Å². The van der Waals surface area contributed by atoms with E-state index in [2.05, 4.69) is 22.2 Å². The molecule has 2 saturated heterocycles. The molecule has 2 rings (SSSR count). The van der Waals surface area contributed by atoms with Crippen LogP contribution in [0.1, 0.15) is 19.3 Å². The first kappa shape index (κ1) is 12.3. The quantitative estimate of drug-likeness (QED) is 0.679. The minimum atomic E-state index is -0.486. The van der Waals surface area contributed by atoms with Crippen LogP contribution in [0, 0.1) is 0 Å². The molecule has 0 spiro atoms. The van der Waals surface area contributed by atoms with Gasteiger partial charge in [0.15, 0.2) is 0 Å². The van der Waals surface area contributed by atoms with Crippen LogP contribution < -0.4 is 5.32 Å². The molecule has 2 aliphatic heterocycles. The zero-order chi connectivity index (χ0) is 11.4. The van der Waals surface area contributed by atoms with E-state index in [4.69, 9.17) is 0 Å². The Morgan fingerprint density at radius 3 is 2.75 bits per heavy atom. The Labute approximate surface area is 98.6 Å². The fraction of sp³-hybridized carbons (Fsp3) is 1.00. The Kier molecular flexibility index (Phi) is 4.19. The number of likely N-dealkylation sites (tertiary alicyclic amines) is 1. The maximum atomic E-state index is 10.2. The summed E-state index contributed by atoms with van der Waals surface area (Å²) >= 11 is 0. The molecular weight excluding hydrogens is 202 g/mol. The molecule has 0 aromatic carbocycles. The topological polar surface area (TPSA) is 38.7 Å². The van der Waals surface area contributed by atoms with Gasteiger partial charge in [0.05, 0.1) is 5.60 Å². The van der Waals surface area contributed by atoms with Crippen molar-refractivity contribution in [3.63, 3.8) is 0 Å². The van der Waals surface area contributed by atoms with Crippen molar-refractivity contribution in [2.24, 2.45) is 0 Å². The highest BCUT2D eigenvalue weighted by atomic mass is 16.3. The molecule has 2 heterocycles. The smallest absolute Gasteiger partial charge is 0.0909 e. The van der Waals surface area contributed by atoms with Gasteiger partial charge in [-0.2, -0.15) is 0 Å². The number of β-amino-alcohol motifs (C(OH)–C–C–N with tert-alkyl or cyclic N) is 1. The molecule has 0 amide bonds. The Hall–Kier alpha value is -0.160. The second-order valence-electron chi connectivity index (χ2n) is 5.44. The summed E-state index contributed by atoms with van der Waals surface area (Å²) in [6, 6.07) is 0. The molecule has 1 atom stereocenters. The Bertz CT molecular complexity index is 210. The van der Waals surface area contributed by atoms with Crippen molar-refractivity contribution in [2.75, 3.05) is 52.9 Å². The number of hydrogen-bond donors (Lipinski definition) is 2. The zero-order valence-corrected chi connectivity index (χ0v) is 10.4. The molecule has 0 aromatic rings. The summed E-state index contributed by atoms with van der Waals surface area (Å²) in [5, 5.41) is 13.5. The molecule has 4 nitrogen and oxygen atoms in total. The van der Waals surface area contributed by atoms with E-state index >= 15 is 0 Å². The van der Waals surface area contributed by atoms with E-state index in [-0.39, 0.29) is 0 Å². The maximum Gasteiger partial charge on any atom is 0.0909 e. The van der Waals surface area contributed by atoms with Gasteiger partial charge in [-0.1, -0.05) is 0 Å². The lowest BCUT2D eigenvalue weighted by Crippen LogP contribution is -2.45. The van der Waals surface area contributed by atoms with E-state index in [0.717, 1.165) is 39.1 Å². The van der Waals surface area contributed by atoms with Gasteiger partial charge >= 0.3 is 0 Å². The lowest BCUT2D eigenvalue weighted by atomic mass is 10.0. The van der Waals surface area contributed by atoms with Crippen molar-refractivity contribution in [3.05, 3.63) is 0 Å². The Morgan fingerprint density at radius 2 is 2.12 bits per heavy atom. The number of nitrogens with zero attached hydrogens (tertiary/aromatic N) is 2. The van der Waals surface area contributed by atoms with Crippen LogP contribution in [0.5, 0.6) is 0 Å². The van der Waals surface area contributed by atoms with E-state index < -0.39 is 5.60 Å². The molecule has 4 heteroatoms. The van der Waals surface area contributed by atoms with Gasteiger partial charge in [0.1, 0.15) is 0 Å². The highest BCUT2D eigenvalue weighted by molar-refractivity contribution is 4.90. The van der Waals surface area contributed by atoms with Crippen LogP contribution in [-0.4, -0.2) is 73.4 Å². The highest BCUT2D eigenvalue weighted by Gasteiger charge is 2.32. The third-order valence-corrected chi connectivity index (χ3v) is 3.78. The Balaban J connectivity index is 1.65. The first-order valence-electron chi connectivity index (χ1n) is 6.52. The molecule has 16 heavy (non-hydrogen) atoms. The monoisotopic (exact) mass is 227 g/mol. The van der Waals surface area contributed by atoms with Gasteiger partial charge in [0.25, 0.3) is 0 Å². The van der Waals surface area contributed by atoms with Crippen molar-refractivity contribution >= 4 is 0 Å². The van der Waals surface area contributed by atoms with Gasteiger partial charge in [-0.25, -0.2) is 0 Å². The summed E-state index contributed by atoms with van der Waals surface area (Å²) in [5.41, 5.74) is -0.486. The molecule has 2 aliphatic rings. The lowest BCUT2D eigenvalue weighted by Gasteiger charge is -2.29. The second kappa shape index (κ2) is 5.45. The van der Waals surface area contributed by atoms with Crippen LogP contribution in [0.3, 0.4) is 0 Å². The zero-order valence-electron chi connectivity index (χ0n) is 10.4. The molecule has 0 saturated carbocycles. The third-order valence-electron chi connectivity index (χ3n) is 3.78. The SMILES string of the molecule is CN(CCN1CCCC1)CC1(O)CCNC1. The van der Waals surface area contributed by atoms with E-state index in [9.17, 15) is 5.11 Å². The first-order chi connectivity index (χ1) is 7.68. The van der Waals surface area contributed by atoms with Crippen molar-refractivity contribution in [2.45, 2.75) is 24.9 Å². The molecule has 0 radical (unpaired) electrons. The summed E-state index contributed by atoms with van der Waals surface area (Å²) in [5.74, 6) is 0. The molecule has 94 valence electrons. The number of likely N-dealkylation sites (N-methyl/N-ethyl adjacent to an activating group) is 1. The average Bonchev–Trinajstić information content (AvgIpc) is 2.86. The van der Waals surface area contributed by atoms with Gasteiger partial charge in [0, 0.05) is 26.2 Å². The Morgan fingerprint density at radius 1 is 1.38 bits per heavy atom. The number of aliphatic hydroxyl groups is 1. The summed E-state index contributed by atoms with van der Waals surface area (Å²) in [4.78, 5) is 4.79. The normalized spacial score (nSPS) is 31.7. The molecule has 0 aromatic heterocycles. The minimum Gasteiger partial charge on any atom is -0.387 e. The number of nitrogens with one attached hydrogen (secondary N) is 1. The van der Waals surface area contributed by atoms with Gasteiger partial charge in [0.2, 0.25) is 0 Å². The number of rotatable bonds is 5. The molecular formula is C12H25N3O. The van der Waals surface area contributed by atoms with E-state index in [1.807, 2.05) is 0 Å². The van der Waals surface area contributed by atoms with E-state index in [0.29, 0.717) is 0 Å². The van der Waals surface area contributed by atoms with E-state index in [1.165, 1.54) is 25.9 Å². The molecule has 0 aliphatic carbocycles. The van der Waals surface area contributed by atoms with Crippen LogP contribution >= 0.6 is 0 Å². The van der Waals surface area contributed by atoms with Crippen molar-refractivity contribution in [3.8, 4) is 0 Å². The lowest BCUT2D eigenvalue weighted by molar-refractivity contribution is 0.0266. The van der Waals surface area contributed by atoms with Crippen molar-refractivity contribution in [1.82, 2.24) is 15.1 Å².